The molecule has 0 amide bonds. The molecule has 0 aromatic heterocycles. The normalized spacial score (nSPS) is 18.6. The molecule has 2 nitrogen and oxygen atoms in total. The van der Waals surface area contributed by atoms with E-state index in [2.05, 4.69) is 4.90 Å². The molecular weight excluding hydrogens is 293 g/mol. The van der Waals surface area contributed by atoms with Crippen molar-refractivity contribution in [2.75, 3.05) is 19.6 Å². The number of carbonyl (C=O) groups is 1. The molecular formula is C16H19Cl2NO. The van der Waals surface area contributed by atoms with Crippen LogP contribution in [0.25, 0.3) is 0 Å². The summed E-state index contributed by atoms with van der Waals surface area (Å²) in [6.07, 6.45) is 5.27. The summed E-state index contributed by atoms with van der Waals surface area (Å²) in [7, 11) is 0. The van der Waals surface area contributed by atoms with Crippen molar-refractivity contribution >= 4 is 29.0 Å². The highest BCUT2D eigenvalue weighted by Gasteiger charge is 2.30. The van der Waals surface area contributed by atoms with Gasteiger partial charge in [0, 0.05) is 23.7 Å². The van der Waals surface area contributed by atoms with E-state index in [0.29, 0.717) is 22.2 Å². The van der Waals surface area contributed by atoms with E-state index in [1.165, 1.54) is 25.7 Å². The Morgan fingerprint density at radius 1 is 1.10 bits per heavy atom. The minimum absolute atomic E-state index is 0.105. The number of halogens is 2. The maximum absolute atomic E-state index is 12.4. The summed E-state index contributed by atoms with van der Waals surface area (Å²) in [5.74, 6) is 1.72. The first-order chi connectivity index (χ1) is 9.61. The highest BCUT2D eigenvalue weighted by Crippen LogP contribution is 2.34. The van der Waals surface area contributed by atoms with Crippen molar-refractivity contribution in [3.63, 3.8) is 0 Å². The summed E-state index contributed by atoms with van der Waals surface area (Å²) >= 11 is 12.0. The van der Waals surface area contributed by atoms with Crippen LogP contribution in [0.3, 0.4) is 0 Å². The maximum Gasteiger partial charge on any atom is 0.178 e. The van der Waals surface area contributed by atoms with Crippen molar-refractivity contribution in [3.05, 3.63) is 33.8 Å². The summed E-state index contributed by atoms with van der Waals surface area (Å²) in [4.78, 5) is 14.7. The molecule has 108 valence electrons. The van der Waals surface area contributed by atoms with Crippen LogP contribution >= 0.6 is 23.2 Å². The van der Waals surface area contributed by atoms with Gasteiger partial charge in [0.15, 0.2) is 5.78 Å². The van der Waals surface area contributed by atoms with Gasteiger partial charge in [0.25, 0.3) is 0 Å². The monoisotopic (exact) mass is 311 g/mol. The van der Waals surface area contributed by atoms with E-state index in [9.17, 15) is 4.79 Å². The number of Topliss-reactive ketones (excluding diaryl/α,β-unsaturated/α-hetero) is 1. The zero-order valence-corrected chi connectivity index (χ0v) is 13.0. The third-order valence-corrected chi connectivity index (χ3v) is 4.57. The molecule has 0 N–H and O–H groups in total. The number of carbonyl (C=O) groups excluding carboxylic acids is 1. The smallest absolute Gasteiger partial charge is 0.178 e. The molecule has 2 aliphatic rings. The van der Waals surface area contributed by atoms with Gasteiger partial charge in [0.1, 0.15) is 0 Å². The van der Waals surface area contributed by atoms with Crippen LogP contribution in [0.4, 0.5) is 0 Å². The molecule has 4 heteroatoms. The van der Waals surface area contributed by atoms with E-state index in [4.69, 9.17) is 23.2 Å². The molecule has 1 aromatic rings. The van der Waals surface area contributed by atoms with Crippen LogP contribution in [0.15, 0.2) is 18.2 Å². The molecule has 0 heterocycles. The predicted octanol–water partition coefficient (Wildman–Crippen LogP) is 4.30. The number of rotatable bonds is 7. The Bertz CT molecular complexity index is 495. The first-order valence-electron chi connectivity index (χ1n) is 7.32. The predicted molar refractivity (Wildman–Crippen MR) is 82.7 cm³/mol. The number of nitrogens with zero attached hydrogens (tertiary/aromatic N) is 1. The molecule has 1 aromatic carbocycles. The summed E-state index contributed by atoms with van der Waals surface area (Å²) < 4.78 is 0. The molecule has 0 radical (unpaired) electrons. The molecule has 0 saturated heterocycles. The van der Waals surface area contributed by atoms with Gasteiger partial charge in [0.05, 0.1) is 11.6 Å². The lowest BCUT2D eigenvalue weighted by Gasteiger charge is -2.21. The molecule has 0 atom stereocenters. The lowest BCUT2D eigenvalue weighted by atomic mass is 10.1. The molecule has 2 aliphatic carbocycles. The minimum Gasteiger partial charge on any atom is -0.295 e. The Labute approximate surface area is 130 Å². The number of hydrogen-bond acceptors (Lipinski definition) is 2. The van der Waals surface area contributed by atoms with Gasteiger partial charge in [-0.15, -0.1) is 0 Å². The number of ketones is 1. The SMILES string of the molecule is O=C(CN(CC1CC1)CC1CC1)c1ccc(Cl)cc1Cl. The van der Waals surface area contributed by atoms with Gasteiger partial charge >= 0.3 is 0 Å². The fourth-order valence-electron chi connectivity index (χ4n) is 2.54. The maximum atomic E-state index is 12.4. The van der Waals surface area contributed by atoms with Crippen LogP contribution in [-0.4, -0.2) is 30.3 Å². The van der Waals surface area contributed by atoms with Crippen molar-refractivity contribution in [1.82, 2.24) is 4.90 Å². The van der Waals surface area contributed by atoms with Gasteiger partial charge in [0.2, 0.25) is 0 Å². The van der Waals surface area contributed by atoms with Crippen LogP contribution in [0.1, 0.15) is 36.0 Å². The molecule has 2 saturated carbocycles. The molecule has 0 aliphatic heterocycles. The molecule has 0 unspecified atom stereocenters. The van der Waals surface area contributed by atoms with Crippen molar-refractivity contribution in [1.29, 1.82) is 0 Å². The van der Waals surface area contributed by atoms with Crippen LogP contribution in [0, 0.1) is 11.8 Å². The second-order valence-electron chi connectivity index (χ2n) is 6.13. The van der Waals surface area contributed by atoms with Gasteiger partial charge in [-0.1, -0.05) is 23.2 Å². The van der Waals surface area contributed by atoms with E-state index in [1.54, 1.807) is 18.2 Å². The Morgan fingerprint density at radius 3 is 2.20 bits per heavy atom. The van der Waals surface area contributed by atoms with Gasteiger partial charge < -0.3 is 0 Å². The molecule has 0 bridgehead atoms. The van der Waals surface area contributed by atoms with Crippen LogP contribution < -0.4 is 0 Å². The van der Waals surface area contributed by atoms with Crippen LogP contribution in [-0.2, 0) is 0 Å². The topological polar surface area (TPSA) is 20.3 Å². The summed E-state index contributed by atoms with van der Waals surface area (Å²) in [6.45, 7) is 2.61. The second-order valence-corrected chi connectivity index (χ2v) is 6.97. The van der Waals surface area contributed by atoms with Crippen LogP contribution in [0.2, 0.25) is 10.0 Å². The van der Waals surface area contributed by atoms with Crippen molar-refractivity contribution in [3.8, 4) is 0 Å². The fraction of sp³-hybridized carbons (Fsp3) is 0.562. The van der Waals surface area contributed by atoms with Gasteiger partial charge in [-0.05, 0) is 55.7 Å². The quantitative estimate of drug-likeness (QED) is 0.700. The Balaban J connectivity index is 1.64. The Kier molecular flexibility index (Phi) is 4.34. The Hall–Kier alpha value is -0.570. The Morgan fingerprint density at radius 2 is 1.70 bits per heavy atom. The fourth-order valence-corrected chi connectivity index (χ4v) is 3.05. The van der Waals surface area contributed by atoms with Gasteiger partial charge in [-0.25, -0.2) is 0 Å². The number of hydrogen-bond donors (Lipinski definition) is 0. The minimum atomic E-state index is 0.105. The van der Waals surface area contributed by atoms with Crippen LogP contribution in [0.5, 0.6) is 0 Å². The summed E-state index contributed by atoms with van der Waals surface area (Å²) in [6, 6.07) is 5.11. The highest BCUT2D eigenvalue weighted by atomic mass is 35.5. The standard InChI is InChI=1S/C16H19Cl2NO/c17-13-5-6-14(15(18)7-13)16(20)10-19(8-11-1-2-11)9-12-3-4-12/h5-7,11-12H,1-4,8-10H2. The lowest BCUT2D eigenvalue weighted by molar-refractivity contribution is 0.0924. The lowest BCUT2D eigenvalue weighted by Crippen LogP contribution is -2.33. The van der Waals surface area contributed by atoms with Gasteiger partial charge in [-0.3, -0.25) is 9.69 Å². The molecule has 0 spiro atoms. The molecule has 2 fully saturated rings. The summed E-state index contributed by atoms with van der Waals surface area (Å²) in [5.41, 5.74) is 0.590. The van der Waals surface area contributed by atoms with E-state index >= 15 is 0 Å². The highest BCUT2D eigenvalue weighted by molar-refractivity contribution is 6.36. The molecule has 20 heavy (non-hydrogen) atoms. The van der Waals surface area contributed by atoms with Crippen molar-refractivity contribution < 1.29 is 4.79 Å². The zero-order chi connectivity index (χ0) is 14.1. The van der Waals surface area contributed by atoms with Gasteiger partial charge in [-0.2, -0.15) is 0 Å². The third-order valence-electron chi connectivity index (χ3n) is 4.03. The van der Waals surface area contributed by atoms with Crippen molar-refractivity contribution in [2.24, 2.45) is 11.8 Å². The van der Waals surface area contributed by atoms with Crippen molar-refractivity contribution in [2.45, 2.75) is 25.7 Å². The number of benzene rings is 1. The third kappa shape index (κ3) is 3.97. The van der Waals surface area contributed by atoms with E-state index < -0.39 is 0 Å². The summed E-state index contributed by atoms with van der Waals surface area (Å²) in [5, 5.41) is 1.03. The zero-order valence-electron chi connectivity index (χ0n) is 11.4. The first kappa shape index (κ1) is 14.4. The average molecular weight is 312 g/mol. The first-order valence-corrected chi connectivity index (χ1v) is 8.08. The van der Waals surface area contributed by atoms with E-state index in [1.807, 2.05) is 0 Å². The second kappa shape index (κ2) is 6.05. The van der Waals surface area contributed by atoms with E-state index in [-0.39, 0.29) is 5.78 Å². The average Bonchev–Trinajstić information content (AvgIpc) is 3.24. The largest absolute Gasteiger partial charge is 0.295 e. The van der Waals surface area contributed by atoms with E-state index in [0.717, 1.165) is 24.9 Å². The molecule has 3 rings (SSSR count).